The molecule has 2 aromatic rings. The van der Waals surface area contributed by atoms with Crippen LogP contribution in [-0.2, 0) is 4.79 Å². The van der Waals surface area contributed by atoms with Crippen LogP contribution in [-0.4, -0.2) is 11.8 Å². The highest BCUT2D eigenvalue weighted by molar-refractivity contribution is 5.95. The summed E-state index contributed by atoms with van der Waals surface area (Å²) in [5.74, 6) is -0.967. The predicted octanol–water partition coefficient (Wildman–Crippen LogP) is 1.24. The summed E-state index contributed by atoms with van der Waals surface area (Å²) in [7, 11) is 0. The molecule has 5 nitrogen and oxygen atoms in total. The highest BCUT2D eigenvalue weighted by atomic mass is 16.3. The van der Waals surface area contributed by atoms with Crippen molar-refractivity contribution < 1.29 is 14.0 Å². The molecule has 1 atom stereocenters. The Balaban J connectivity index is 2.18. The van der Waals surface area contributed by atoms with E-state index in [1.54, 1.807) is 30.3 Å². The zero-order chi connectivity index (χ0) is 13.0. The van der Waals surface area contributed by atoms with Crippen molar-refractivity contribution in [2.45, 2.75) is 6.04 Å². The van der Waals surface area contributed by atoms with Gasteiger partial charge in [-0.2, -0.15) is 0 Å². The molecule has 1 aromatic heterocycles. The van der Waals surface area contributed by atoms with Crippen LogP contribution >= 0.6 is 0 Å². The summed E-state index contributed by atoms with van der Waals surface area (Å²) in [4.78, 5) is 23.2. The van der Waals surface area contributed by atoms with E-state index in [2.05, 4.69) is 5.32 Å². The summed E-state index contributed by atoms with van der Waals surface area (Å²) in [5.41, 5.74) is 5.92. The molecule has 1 unspecified atom stereocenters. The molecule has 0 saturated heterocycles. The number of carbonyl (C=O) groups excluding carboxylic acids is 2. The average Bonchev–Trinajstić information content (AvgIpc) is 2.90. The fourth-order valence-corrected chi connectivity index (χ4v) is 1.57. The first-order valence-corrected chi connectivity index (χ1v) is 5.37. The number of furan rings is 1. The van der Waals surface area contributed by atoms with Crippen LogP contribution in [0, 0.1) is 0 Å². The predicted molar refractivity (Wildman–Crippen MR) is 64.6 cm³/mol. The fraction of sp³-hybridized carbons (Fsp3) is 0.0769. The van der Waals surface area contributed by atoms with E-state index in [0.29, 0.717) is 5.56 Å². The zero-order valence-electron chi connectivity index (χ0n) is 9.50. The van der Waals surface area contributed by atoms with E-state index in [4.69, 9.17) is 10.2 Å². The van der Waals surface area contributed by atoms with E-state index in [1.165, 1.54) is 12.3 Å². The first-order chi connectivity index (χ1) is 8.68. The summed E-state index contributed by atoms with van der Waals surface area (Å²) >= 11 is 0. The van der Waals surface area contributed by atoms with Gasteiger partial charge in [-0.25, -0.2) is 0 Å². The molecule has 2 rings (SSSR count). The van der Waals surface area contributed by atoms with Gasteiger partial charge in [-0.1, -0.05) is 30.3 Å². The number of nitrogens with two attached hydrogens (primary N) is 1. The minimum absolute atomic E-state index is 0.136. The monoisotopic (exact) mass is 244 g/mol. The van der Waals surface area contributed by atoms with Crippen LogP contribution < -0.4 is 11.1 Å². The summed E-state index contributed by atoms with van der Waals surface area (Å²) < 4.78 is 4.95. The third kappa shape index (κ3) is 2.57. The molecular weight excluding hydrogens is 232 g/mol. The van der Waals surface area contributed by atoms with Crippen molar-refractivity contribution in [3.8, 4) is 0 Å². The summed E-state index contributed by atoms with van der Waals surface area (Å²) in [6.07, 6.45) is 1.39. The second-order valence-electron chi connectivity index (χ2n) is 3.70. The van der Waals surface area contributed by atoms with E-state index >= 15 is 0 Å². The van der Waals surface area contributed by atoms with Crippen LogP contribution in [0.2, 0.25) is 0 Å². The topological polar surface area (TPSA) is 85.3 Å². The Bertz CT molecular complexity index is 535. The largest absolute Gasteiger partial charge is 0.459 e. The van der Waals surface area contributed by atoms with Gasteiger partial charge in [0, 0.05) is 0 Å². The Labute approximate surface area is 104 Å². The highest BCUT2D eigenvalue weighted by Crippen LogP contribution is 2.13. The molecule has 1 heterocycles. The van der Waals surface area contributed by atoms with E-state index < -0.39 is 17.9 Å². The van der Waals surface area contributed by atoms with Gasteiger partial charge in [-0.05, 0) is 17.7 Å². The molecule has 0 radical (unpaired) electrons. The third-order valence-electron chi connectivity index (χ3n) is 2.44. The lowest BCUT2D eigenvalue weighted by Crippen LogP contribution is -2.37. The van der Waals surface area contributed by atoms with Crippen molar-refractivity contribution >= 4 is 11.8 Å². The molecule has 0 fully saturated rings. The highest BCUT2D eigenvalue weighted by Gasteiger charge is 2.21. The van der Waals surface area contributed by atoms with Gasteiger partial charge in [0.1, 0.15) is 6.04 Å². The number of benzene rings is 1. The molecule has 5 heteroatoms. The van der Waals surface area contributed by atoms with Crippen molar-refractivity contribution in [2.24, 2.45) is 5.73 Å². The van der Waals surface area contributed by atoms with Crippen LogP contribution in [0.15, 0.2) is 53.1 Å². The van der Waals surface area contributed by atoms with Gasteiger partial charge in [0.15, 0.2) is 5.76 Å². The number of carbonyl (C=O) groups is 2. The molecule has 0 spiro atoms. The average molecular weight is 244 g/mol. The fourth-order valence-electron chi connectivity index (χ4n) is 1.57. The van der Waals surface area contributed by atoms with Crippen LogP contribution in [0.3, 0.4) is 0 Å². The lowest BCUT2D eigenvalue weighted by atomic mass is 10.1. The van der Waals surface area contributed by atoms with Crippen LogP contribution in [0.4, 0.5) is 0 Å². The molecule has 92 valence electrons. The molecule has 3 N–H and O–H groups in total. The Morgan fingerprint density at radius 2 is 1.83 bits per heavy atom. The van der Waals surface area contributed by atoms with Crippen LogP contribution in [0.5, 0.6) is 0 Å². The van der Waals surface area contributed by atoms with E-state index in [1.807, 2.05) is 6.07 Å². The molecule has 0 bridgehead atoms. The Hall–Kier alpha value is -2.56. The Morgan fingerprint density at radius 3 is 2.39 bits per heavy atom. The maximum Gasteiger partial charge on any atom is 0.287 e. The lowest BCUT2D eigenvalue weighted by Gasteiger charge is -2.14. The van der Waals surface area contributed by atoms with E-state index in [0.717, 1.165) is 0 Å². The molecule has 0 saturated carbocycles. The lowest BCUT2D eigenvalue weighted by molar-refractivity contribution is -0.120. The van der Waals surface area contributed by atoms with Gasteiger partial charge in [0.25, 0.3) is 5.91 Å². The van der Waals surface area contributed by atoms with Gasteiger partial charge in [0.2, 0.25) is 5.91 Å². The molecule has 0 aliphatic heterocycles. The van der Waals surface area contributed by atoms with Crippen LogP contribution in [0.1, 0.15) is 22.2 Å². The van der Waals surface area contributed by atoms with Crippen molar-refractivity contribution in [1.82, 2.24) is 5.32 Å². The van der Waals surface area contributed by atoms with Gasteiger partial charge >= 0.3 is 0 Å². The maximum atomic E-state index is 11.8. The van der Waals surface area contributed by atoms with Crippen molar-refractivity contribution in [3.05, 3.63) is 60.1 Å². The molecule has 2 amide bonds. The van der Waals surface area contributed by atoms with Crippen molar-refractivity contribution in [3.63, 3.8) is 0 Å². The summed E-state index contributed by atoms with van der Waals surface area (Å²) in [6, 6.07) is 11.0. The third-order valence-corrected chi connectivity index (χ3v) is 2.44. The molecule has 0 aliphatic rings. The number of hydrogen-bond acceptors (Lipinski definition) is 3. The van der Waals surface area contributed by atoms with E-state index in [-0.39, 0.29) is 5.76 Å². The quantitative estimate of drug-likeness (QED) is 0.848. The summed E-state index contributed by atoms with van der Waals surface area (Å²) in [5, 5.41) is 2.53. The standard InChI is InChI=1S/C13H12N2O3/c14-12(16)11(9-5-2-1-3-6-9)15-13(17)10-7-4-8-18-10/h1-8,11H,(H2,14,16)(H,15,17). The maximum absolute atomic E-state index is 11.8. The smallest absolute Gasteiger partial charge is 0.287 e. The zero-order valence-corrected chi connectivity index (χ0v) is 9.50. The Kier molecular flexibility index (Phi) is 3.43. The van der Waals surface area contributed by atoms with Crippen LogP contribution in [0.25, 0.3) is 0 Å². The van der Waals surface area contributed by atoms with E-state index in [9.17, 15) is 9.59 Å². The minimum atomic E-state index is -0.871. The minimum Gasteiger partial charge on any atom is -0.459 e. The number of primary amides is 1. The number of rotatable bonds is 4. The SMILES string of the molecule is NC(=O)C(NC(=O)c1ccco1)c1ccccc1. The number of nitrogens with one attached hydrogen (secondary N) is 1. The van der Waals surface area contributed by atoms with Gasteiger partial charge in [-0.15, -0.1) is 0 Å². The molecular formula is C13H12N2O3. The second kappa shape index (κ2) is 5.18. The molecule has 18 heavy (non-hydrogen) atoms. The number of hydrogen-bond donors (Lipinski definition) is 2. The summed E-state index contributed by atoms with van der Waals surface area (Å²) in [6.45, 7) is 0. The van der Waals surface area contributed by atoms with Gasteiger partial charge in [-0.3, -0.25) is 9.59 Å². The first kappa shape index (κ1) is 11.9. The van der Waals surface area contributed by atoms with Gasteiger partial charge in [0.05, 0.1) is 6.26 Å². The van der Waals surface area contributed by atoms with Crippen molar-refractivity contribution in [1.29, 1.82) is 0 Å². The molecule has 1 aromatic carbocycles. The van der Waals surface area contributed by atoms with Crippen molar-refractivity contribution in [2.75, 3.05) is 0 Å². The van der Waals surface area contributed by atoms with Gasteiger partial charge < -0.3 is 15.5 Å². The number of amides is 2. The first-order valence-electron chi connectivity index (χ1n) is 5.37. The second-order valence-corrected chi connectivity index (χ2v) is 3.70. The molecule has 0 aliphatic carbocycles. The normalized spacial score (nSPS) is 11.8. The Morgan fingerprint density at radius 1 is 1.11 bits per heavy atom.